The normalized spacial score (nSPS) is 10.5. The minimum Gasteiger partial charge on any atom is -0.493 e. The molecule has 24 heavy (non-hydrogen) atoms. The largest absolute Gasteiger partial charge is 0.493 e. The summed E-state index contributed by atoms with van der Waals surface area (Å²) in [6, 6.07) is 7.13. The summed E-state index contributed by atoms with van der Waals surface area (Å²) in [5.74, 6) is 0.283. The van der Waals surface area contributed by atoms with Crippen molar-refractivity contribution in [2.75, 3.05) is 20.2 Å². The van der Waals surface area contributed by atoms with Crippen LogP contribution in [-0.4, -0.2) is 41.0 Å². The molecule has 0 bridgehead atoms. The van der Waals surface area contributed by atoms with Gasteiger partial charge in [-0.25, -0.2) is 4.98 Å². The molecule has 1 N–H and O–H groups in total. The topological polar surface area (TPSA) is 75.3 Å². The Hall–Kier alpha value is -2.34. The summed E-state index contributed by atoms with van der Waals surface area (Å²) in [6.45, 7) is 4.39. The van der Waals surface area contributed by atoms with Crippen LogP contribution in [0.2, 0.25) is 5.02 Å². The van der Waals surface area contributed by atoms with E-state index in [2.05, 4.69) is 9.97 Å². The van der Waals surface area contributed by atoms with Gasteiger partial charge in [0, 0.05) is 24.3 Å². The number of hydrogen-bond acceptors (Lipinski definition) is 4. The maximum absolute atomic E-state index is 12.3. The molecule has 0 saturated heterocycles. The quantitative estimate of drug-likeness (QED) is 0.813. The molecule has 1 aromatic carbocycles. The zero-order chi connectivity index (χ0) is 17.7. The van der Waals surface area contributed by atoms with E-state index < -0.39 is 11.5 Å². The van der Waals surface area contributed by atoms with Crippen LogP contribution in [0.15, 0.2) is 29.1 Å². The lowest BCUT2D eigenvalue weighted by Gasteiger charge is -2.17. The highest BCUT2D eigenvalue weighted by Crippen LogP contribution is 2.17. The summed E-state index contributed by atoms with van der Waals surface area (Å²) in [7, 11) is 1.64. The highest BCUT2D eigenvalue weighted by Gasteiger charge is 2.18. The molecule has 0 atom stereocenters. The number of nitrogens with one attached hydrogen (secondary N) is 1. The zero-order valence-corrected chi connectivity index (χ0v) is 14.7. The maximum atomic E-state index is 12.3. The zero-order valence-electron chi connectivity index (χ0n) is 13.9. The van der Waals surface area contributed by atoms with Crippen molar-refractivity contribution >= 4 is 17.5 Å². The fourth-order valence-corrected chi connectivity index (χ4v) is 2.28. The molecule has 1 amide bonds. The molecule has 0 radical (unpaired) electrons. The van der Waals surface area contributed by atoms with Gasteiger partial charge in [0.25, 0.3) is 11.5 Å². The lowest BCUT2D eigenvalue weighted by Crippen LogP contribution is -2.34. The van der Waals surface area contributed by atoms with Crippen LogP contribution in [0, 0.1) is 13.8 Å². The molecule has 2 rings (SSSR count). The minimum atomic E-state index is -0.467. The van der Waals surface area contributed by atoms with Crippen LogP contribution in [0.25, 0.3) is 0 Å². The summed E-state index contributed by atoms with van der Waals surface area (Å²) < 4.78 is 5.58. The molecule has 2 aromatic rings. The molecule has 1 aromatic heterocycles. The number of aryl methyl sites for hydroxylation is 2. The van der Waals surface area contributed by atoms with Crippen LogP contribution >= 0.6 is 11.6 Å². The number of benzene rings is 1. The Morgan fingerprint density at radius 1 is 1.38 bits per heavy atom. The summed E-state index contributed by atoms with van der Waals surface area (Å²) in [4.78, 5) is 32.4. The highest BCUT2D eigenvalue weighted by atomic mass is 35.5. The first kappa shape index (κ1) is 18.0. The van der Waals surface area contributed by atoms with Gasteiger partial charge in [0.2, 0.25) is 0 Å². The van der Waals surface area contributed by atoms with Crippen molar-refractivity contribution in [1.82, 2.24) is 14.9 Å². The van der Waals surface area contributed by atoms with Gasteiger partial charge in [-0.05, 0) is 38.5 Å². The van der Waals surface area contributed by atoms with Gasteiger partial charge in [-0.3, -0.25) is 9.59 Å². The van der Waals surface area contributed by atoms with Crippen molar-refractivity contribution < 1.29 is 9.53 Å². The second-order valence-corrected chi connectivity index (χ2v) is 5.95. The molecule has 128 valence electrons. The average Bonchev–Trinajstić information content (AvgIpc) is 2.54. The molecular formula is C17H20ClN3O3. The Kier molecular flexibility index (Phi) is 5.98. The highest BCUT2D eigenvalue weighted by molar-refractivity contribution is 6.30. The molecule has 6 nitrogen and oxygen atoms in total. The van der Waals surface area contributed by atoms with Crippen LogP contribution in [0.5, 0.6) is 5.75 Å². The smallest absolute Gasteiger partial charge is 0.279 e. The fourth-order valence-electron chi connectivity index (χ4n) is 2.10. The Labute approximate surface area is 145 Å². The third-order valence-corrected chi connectivity index (χ3v) is 3.83. The number of carbonyl (C=O) groups excluding carboxylic acids is 1. The van der Waals surface area contributed by atoms with Gasteiger partial charge in [0.15, 0.2) is 5.69 Å². The molecule has 7 heteroatoms. The van der Waals surface area contributed by atoms with Gasteiger partial charge < -0.3 is 14.6 Å². The van der Waals surface area contributed by atoms with E-state index in [1.165, 1.54) is 4.90 Å². The third kappa shape index (κ3) is 4.58. The number of nitrogens with zero attached hydrogens (tertiary/aromatic N) is 2. The van der Waals surface area contributed by atoms with E-state index >= 15 is 0 Å². The van der Waals surface area contributed by atoms with Crippen molar-refractivity contribution in [3.05, 3.63) is 56.7 Å². The molecule has 1 heterocycles. The molecule has 0 unspecified atom stereocenters. The average molecular weight is 350 g/mol. The van der Waals surface area contributed by atoms with Crippen molar-refractivity contribution in [2.24, 2.45) is 0 Å². The van der Waals surface area contributed by atoms with Crippen molar-refractivity contribution in [3.8, 4) is 5.75 Å². The lowest BCUT2D eigenvalue weighted by atomic mass is 10.3. The SMILES string of the molecule is Cc1nc(C(=O)N(C)CCCOc2cccc(Cl)c2)c(=O)[nH]c1C. The van der Waals surface area contributed by atoms with Crippen molar-refractivity contribution in [3.63, 3.8) is 0 Å². The third-order valence-electron chi connectivity index (χ3n) is 3.59. The van der Waals surface area contributed by atoms with E-state index in [-0.39, 0.29) is 5.69 Å². The minimum absolute atomic E-state index is 0.0867. The van der Waals surface area contributed by atoms with Crippen molar-refractivity contribution in [1.29, 1.82) is 0 Å². The van der Waals surface area contributed by atoms with E-state index in [4.69, 9.17) is 16.3 Å². The molecule has 0 spiro atoms. The number of ether oxygens (including phenoxy) is 1. The summed E-state index contributed by atoms with van der Waals surface area (Å²) in [6.07, 6.45) is 0.623. The Morgan fingerprint density at radius 3 is 2.83 bits per heavy atom. The predicted octanol–water partition coefficient (Wildman–Crippen LogP) is 2.58. The Bertz CT molecular complexity index is 789. The number of H-pyrrole nitrogens is 1. The lowest BCUT2D eigenvalue weighted by molar-refractivity contribution is 0.0780. The van der Waals surface area contributed by atoms with Crippen LogP contribution in [0.3, 0.4) is 0 Å². The van der Waals surface area contributed by atoms with Crippen LogP contribution in [-0.2, 0) is 0 Å². The van der Waals surface area contributed by atoms with Crippen LogP contribution in [0.1, 0.15) is 28.3 Å². The van der Waals surface area contributed by atoms with Crippen LogP contribution < -0.4 is 10.3 Å². The second-order valence-electron chi connectivity index (χ2n) is 5.51. The number of amides is 1. The Balaban J connectivity index is 1.88. The van der Waals surface area contributed by atoms with Gasteiger partial charge >= 0.3 is 0 Å². The number of hydrogen-bond donors (Lipinski definition) is 1. The number of aromatic amines is 1. The molecule has 0 aliphatic carbocycles. The molecule has 0 aliphatic heterocycles. The number of halogens is 1. The maximum Gasteiger partial charge on any atom is 0.279 e. The van der Waals surface area contributed by atoms with E-state index in [0.717, 1.165) is 0 Å². The van der Waals surface area contributed by atoms with E-state index in [9.17, 15) is 9.59 Å². The van der Waals surface area contributed by atoms with Gasteiger partial charge in [-0.2, -0.15) is 0 Å². The van der Waals surface area contributed by atoms with Gasteiger partial charge in [0.1, 0.15) is 5.75 Å². The van der Waals surface area contributed by atoms with E-state index in [1.54, 1.807) is 33.0 Å². The standard InChI is InChI=1S/C17H20ClN3O3/c1-11-12(2)20-16(22)15(19-11)17(23)21(3)8-5-9-24-14-7-4-6-13(18)10-14/h4,6-7,10H,5,8-9H2,1-3H3,(H,20,22). The molecule has 0 fully saturated rings. The van der Waals surface area contributed by atoms with Crippen molar-refractivity contribution in [2.45, 2.75) is 20.3 Å². The molecule has 0 saturated carbocycles. The monoisotopic (exact) mass is 349 g/mol. The van der Waals surface area contributed by atoms with E-state index in [0.29, 0.717) is 41.7 Å². The predicted molar refractivity (Wildman–Crippen MR) is 92.9 cm³/mol. The first-order valence-corrected chi connectivity index (χ1v) is 7.97. The van der Waals surface area contributed by atoms with E-state index in [1.807, 2.05) is 12.1 Å². The second kappa shape index (κ2) is 7.97. The summed E-state index contributed by atoms with van der Waals surface area (Å²) in [5.41, 5.74) is 0.742. The number of rotatable bonds is 6. The number of carbonyl (C=O) groups is 1. The Morgan fingerprint density at radius 2 is 2.12 bits per heavy atom. The molecular weight excluding hydrogens is 330 g/mol. The first-order chi connectivity index (χ1) is 11.4. The van der Waals surface area contributed by atoms with Gasteiger partial charge in [-0.1, -0.05) is 17.7 Å². The number of aromatic nitrogens is 2. The molecule has 0 aliphatic rings. The van der Waals surface area contributed by atoms with Crippen LogP contribution in [0.4, 0.5) is 0 Å². The summed E-state index contributed by atoms with van der Waals surface area (Å²) >= 11 is 5.88. The summed E-state index contributed by atoms with van der Waals surface area (Å²) in [5, 5.41) is 0.611. The van der Waals surface area contributed by atoms with Gasteiger partial charge in [-0.15, -0.1) is 0 Å². The first-order valence-electron chi connectivity index (χ1n) is 7.60. The van der Waals surface area contributed by atoms with Gasteiger partial charge in [0.05, 0.1) is 12.3 Å². The fraction of sp³-hybridized carbons (Fsp3) is 0.353.